The second-order valence-electron chi connectivity index (χ2n) is 3.33. The van der Waals surface area contributed by atoms with E-state index < -0.39 is 9.84 Å². The van der Waals surface area contributed by atoms with Crippen molar-refractivity contribution in [1.29, 1.82) is 5.26 Å². The van der Waals surface area contributed by atoms with Crippen LogP contribution in [0.1, 0.15) is 19.3 Å². The molecule has 0 spiro atoms. The number of unbranched alkanes of at least 4 members (excludes halogenated alkanes) is 2. The average molecular weight is 239 g/mol. The van der Waals surface area contributed by atoms with Crippen LogP contribution in [0.25, 0.3) is 0 Å². The Balaban J connectivity index is 2.72. The molecule has 0 aromatic carbocycles. The molecule has 0 radical (unpaired) electrons. The predicted molar refractivity (Wildman–Crippen MR) is 60.2 cm³/mol. The Labute approximate surface area is 94.8 Å². The van der Waals surface area contributed by atoms with Crippen LogP contribution in [0.15, 0.2) is 23.4 Å². The highest BCUT2D eigenvalue weighted by Gasteiger charge is 2.18. The zero-order chi connectivity index (χ0) is 12.0. The van der Waals surface area contributed by atoms with Crippen molar-refractivity contribution in [3.05, 3.63) is 18.3 Å². The minimum Gasteiger partial charge on any atom is -0.396 e. The first-order valence-electron chi connectivity index (χ1n) is 4.88. The SMILES string of the molecule is N#CCCCCS(=O)(=O)c1ncccc1N. The van der Waals surface area contributed by atoms with E-state index in [4.69, 9.17) is 11.0 Å². The maximum absolute atomic E-state index is 11.8. The van der Waals surface area contributed by atoms with Crippen molar-refractivity contribution >= 4 is 15.5 Å². The number of nitriles is 1. The number of sulfone groups is 1. The molecule has 1 rings (SSSR count). The molecule has 0 aliphatic carbocycles. The first-order chi connectivity index (χ1) is 7.58. The number of pyridine rings is 1. The van der Waals surface area contributed by atoms with E-state index in [-0.39, 0.29) is 16.5 Å². The molecule has 0 aliphatic rings. The maximum Gasteiger partial charge on any atom is 0.197 e. The largest absolute Gasteiger partial charge is 0.396 e. The van der Waals surface area contributed by atoms with Gasteiger partial charge in [0.25, 0.3) is 0 Å². The zero-order valence-corrected chi connectivity index (χ0v) is 9.57. The van der Waals surface area contributed by atoms with Crippen LogP contribution in [-0.4, -0.2) is 19.2 Å². The van der Waals surface area contributed by atoms with Gasteiger partial charge in [-0.05, 0) is 25.0 Å². The monoisotopic (exact) mass is 239 g/mol. The summed E-state index contributed by atoms with van der Waals surface area (Å²) < 4.78 is 23.6. The van der Waals surface area contributed by atoms with Gasteiger partial charge < -0.3 is 5.73 Å². The molecule has 0 atom stereocenters. The molecule has 5 nitrogen and oxygen atoms in total. The van der Waals surface area contributed by atoms with Gasteiger partial charge in [0.05, 0.1) is 17.5 Å². The summed E-state index contributed by atoms with van der Waals surface area (Å²) in [7, 11) is -3.42. The van der Waals surface area contributed by atoms with Crippen molar-refractivity contribution < 1.29 is 8.42 Å². The topological polar surface area (TPSA) is 96.8 Å². The van der Waals surface area contributed by atoms with E-state index in [1.807, 2.05) is 6.07 Å². The van der Waals surface area contributed by atoms with Gasteiger partial charge in [0, 0.05) is 12.6 Å². The van der Waals surface area contributed by atoms with E-state index in [0.717, 1.165) is 0 Å². The summed E-state index contributed by atoms with van der Waals surface area (Å²) in [5.41, 5.74) is 5.71. The summed E-state index contributed by atoms with van der Waals surface area (Å²) in [5, 5.41) is 8.26. The number of rotatable bonds is 5. The Morgan fingerprint density at radius 1 is 1.44 bits per heavy atom. The third kappa shape index (κ3) is 3.21. The molecule has 1 aromatic rings. The first-order valence-corrected chi connectivity index (χ1v) is 6.53. The van der Waals surface area contributed by atoms with Crippen molar-refractivity contribution in [1.82, 2.24) is 4.98 Å². The van der Waals surface area contributed by atoms with E-state index in [9.17, 15) is 8.42 Å². The number of anilines is 1. The molecule has 86 valence electrons. The van der Waals surface area contributed by atoms with E-state index in [2.05, 4.69) is 4.98 Å². The number of hydrogen-bond acceptors (Lipinski definition) is 5. The highest BCUT2D eigenvalue weighted by molar-refractivity contribution is 7.91. The van der Waals surface area contributed by atoms with Gasteiger partial charge in [0.2, 0.25) is 0 Å². The molecule has 6 heteroatoms. The van der Waals surface area contributed by atoms with Gasteiger partial charge in [0.1, 0.15) is 0 Å². The molecular formula is C10H13N3O2S. The van der Waals surface area contributed by atoms with Crippen LogP contribution in [-0.2, 0) is 9.84 Å². The third-order valence-corrected chi connectivity index (χ3v) is 3.80. The number of hydrogen-bond donors (Lipinski definition) is 1. The zero-order valence-electron chi connectivity index (χ0n) is 8.76. The lowest BCUT2D eigenvalue weighted by atomic mass is 10.3. The predicted octanol–water partition coefficient (Wildman–Crippen LogP) is 1.13. The quantitative estimate of drug-likeness (QED) is 0.777. The fraction of sp³-hybridized carbons (Fsp3) is 0.400. The average Bonchev–Trinajstić information content (AvgIpc) is 2.25. The number of nitrogens with two attached hydrogens (primary N) is 1. The molecule has 1 heterocycles. The number of nitrogens with zero attached hydrogens (tertiary/aromatic N) is 2. The van der Waals surface area contributed by atoms with Crippen molar-refractivity contribution in [3.8, 4) is 6.07 Å². The normalized spacial score (nSPS) is 10.9. The van der Waals surface area contributed by atoms with Crippen LogP contribution < -0.4 is 5.73 Å². The second kappa shape index (κ2) is 5.47. The molecule has 0 saturated carbocycles. The van der Waals surface area contributed by atoms with Gasteiger partial charge in [0.15, 0.2) is 14.9 Å². The minimum absolute atomic E-state index is 0.0180. The molecule has 1 aromatic heterocycles. The van der Waals surface area contributed by atoms with Crippen LogP contribution in [0.4, 0.5) is 5.69 Å². The summed E-state index contributed by atoms with van der Waals surface area (Å²) >= 11 is 0. The summed E-state index contributed by atoms with van der Waals surface area (Å²) in [5.74, 6) is -0.0180. The highest BCUT2D eigenvalue weighted by atomic mass is 32.2. The van der Waals surface area contributed by atoms with Gasteiger partial charge in [-0.1, -0.05) is 0 Å². The first kappa shape index (κ1) is 12.5. The van der Waals surface area contributed by atoms with Crippen LogP contribution in [0.3, 0.4) is 0 Å². The standard InChI is InChI=1S/C10H13N3O2S/c11-6-2-1-3-8-16(14,15)10-9(12)5-4-7-13-10/h4-5,7H,1-3,8,12H2. The molecular weight excluding hydrogens is 226 g/mol. The van der Waals surface area contributed by atoms with Crippen LogP contribution in [0.2, 0.25) is 0 Å². The molecule has 0 saturated heterocycles. The van der Waals surface area contributed by atoms with Gasteiger partial charge in [-0.2, -0.15) is 5.26 Å². The van der Waals surface area contributed by atoms with Crippen molar-refractivity contribution in [2.45, 2.75) is 24.3 Å². The Morgan fingerprint density at radius 3 is 2.81 bits per heavy atom. The molecule has 2 N–H and O–H groups in total. The Hall–Kier alpha value is -1.61. The molecule has 0 bridgehead atoms. The molecule has 16 heavy (non-hydrogen) atoms. The summed E-state index contributed by atoms with van der Waals surface area (Å²) in [4.78, 5) is 3.77. The summed E-state index contributed by atoms with van der Waals surface area (Å²) in [6, 6.07) is 5.07. The van der Waals surface area contributed by atoms with Crippen LogP contribution in [0.5, 0.6) is 0 Å². The van der Waals surface area contributed by atoms with Crippen LogP contribution >= 0.6 is 0 Å². The molecule has 0 amide bonds. The third-order valence-electron chi connectivity index (χ3n) is 2.05. The van der Waals surface area contributed by atoms with Crippen molar-refractivity contribution in [3.63, 3.8) is 0 Å². The summed E-state index contributed by atoms with van der Waals surface area (Å²) in [6.45, 7) is 0. The maximum atomic E-state index is 11.8. The van der Waals surface area contributed by atoms with Gasteiger partial charge >= 0.3 is 0 Å². The minimum atomic E-state index is -3.42. The van der Waals surface area contributed by atoms with E-state index >= 15 is 0 Å². The van der Waals surface area contributed by atoms with E-state index in [0.29, 0.717) is 19.3 Å². The van der Waals surface area contributed by atoms with Gasteiger partial charge in [-0.15, -0.1) is 0 Å². The molecule has 0 aliphatic heterocycles. The van der Waals surface area contributed by atoms with Crippen molar-refractivity contribution in [2.24, 2.45) is 0 Å². The Bertz CT molecular complexity index is 491. The lowest BCUT2D eigenvalue weighted by molar-refractivity contribution is 0.588. The van der Waals surface area contributed by atoms with Crippen LogP contribution in [0, 0.1) is 11.3 Å². The molecule has 0 fully saturated rings. The lowest BCUT2D eigenvalue weighted by Gasteiger charge is -2.04. The second-order valence-corrected chi connectivity index (χ2v) is 5.36. The van der Waals surface area contributed by atoms with E-state index in [1.54, 1.807) is 6.07 Å². The summed E-state index contributed by atoms with van der Waals surface area (Å²) in [6.07, 6.45) is 2.79. The smallest absolute Gasteiger partial charge is 0.197 e. The Morgan fingerprint density at radius 2 is 2.19 bits per heavy atom. The fourth-order valence-electron chi connectivity index (χ4n) is 1.26. The van der Waals surface area contributed by atoms with Crippen molar-refractivity contribution in [2.75, 3.05) is 11.5 Å². The highest BCUT2D eigenvalue weighted by Crippen LogP contribution is 2.16. The fourth-order valence-corrected chi connectivity index (χ4v) is 2.68. The molecule has 0 unspecified atom stereocenters. The van der Waals surface area contributed by atoms with Gasteiger partial charge in [-0.3, -0.25) is 0 Å². The number of nitrogen functional groups attached to an aromatic ring is 1. The Kier molecular flexibility index (Phi) is 4.26. The lowest BCUT2D eigenvalue weighted by Crippen LogP contribution is -2.11. The number of aromatic nitrogens is 1. The van der Waals surface area contributed by atoms with E-state index in [1.165, 1.54) is 12.3 Å². The van der Waals surface area contributed by atoms with Gasteiger partial charge in [-0.25, -0.2) is 13.4 Å².